The van der Waals surface area contributed by atoms with Crippen molar-refractivity contribution in [2.24, 2.45) is 0 Å². The van der Waals surface area contributed by atoms with Gasteiger partial charge in [0.15, 0.2) is 11.9 Å². The number of H-pyrrole nitrogens is 1. The van der Waals surface area contributed by atoms with Gasteiger partial charge in [-0.3, -0.25) is 4.79 Å². The van der Waals surface area contributed by atoms with E-state index < -0.39 is 12.1 Å². The first-order valence-electron chi connectivity index (χ1n) is 8.44. The number of hydrogen-bond donors (Lipinski definition) is 2. The molecular formula is C21H16N2O4. The number of aromatic nitrogens is 2. The Morgan fingerprint density at radius 1 is 1.07 bits per heavy atom. The van der Waals surface area contributed by atoms with E-state index in [9.17, 15) is 14.7 Å². The van der Waals surface area contributed by atoms with Crippen molar-refractivity contribution in [3.8, 4) is 5.75 Å². The largest absolute Gasteiger partial charge is 0.507 e. The minimum atomic E-state index is -0.791. The number of nitrogens with zero attached hydrogens (tertiary/aromatic N) is 1. The van der Waals surface area contributed by atoms with Crippen LogP contribution in [0.4, 0.5) is 0 Å². The highest BCUT2D eigenvalue weighted by molar-refractivity contribution is 5.98. The summed E-state index contributed by atoms with van der Waals surface area (Å²) in [5.41, 5.74) is 0.281. The fraction of sp³-hybridized carbons (Fsp3) is 0.0952. The molecule has 0 bridgehead atoms. The number of esters is 1. The molecule has 134 valence electrons. The second-order valence-corrected chi connectivity index (χ2v) is 6.23. The Bertz CT molecular complexity index is 1230. The van der Waals surface area contributed by atoms with Crippen LogP contribution in [0.25, 0.3) is 21.7 Å². The van der Waals surface area contributed by atoms with Crippen LogP contribution in [0, 0.1) is 0 Å². The number of fused-ring (bicyclic) bond motifs is 2. The minimum Gasteiger partial charge on any atom is -0.507 e. The van der Waals surface area contributed by atoms with Crippen molar-refractivity contribution in [1.29, 1.82) is 0 Å². The predicted octanol–water partition coefficient (Wildman–Crippen LogP) is 3.70. The number of carbonyl (C=O) groups is 1. The van der Waals surface area contributed by atoms with E-state index in [4.69, 9.17) is 4.74 Å². The number of nitrogens with one attached hydrogen (secondary N) is 1. The Morgan fingerprint density at radius 3 is 2.52 bits per heavy atom. The Hall–Kier alpha value is -3.67. The molecule has 0 aliphatic heterocycles. The fourth-order valence-corrected chi connectivity index (χ4v) is 2.97. The first kappa shape index (κ1) is 16.8. The fourth-order valence-electron chi connectivity index (χ4n) is 2.97. The molecule has 0 aliphatic carbocycles. The number of hydrogen-bond acceptors (Lipinski definition) is 5. The van der Waals surface area contributed by atoms with Crippen LogP contribution in [0.3, 0.4) is 0 Å². The van der Waals surface area contributed by atoms with E-state index in [0.29, 0.717) is 10.9 Å². The van der Waals surface area contributed by atoms with Crippen molar-refractivity contribution < 1.29 is 14.6 Å². The van der Waals surface area contributed by atoms with Gasteiger partial charge in [-0.15, -0.1) is 0 Å². The Labute approximate surface area is 154 Å². The van der Waals surface area contributed by atoms with E-state index in [1.54, 1.807) is 37.3 Å². The van der Waals surface area contributed by atoms with E-state index in [0.717, 1.165) is 10.8 Å². The summed E-state index contributed by atoms with van der Waals surface area (Å²) in [7, 11) is 0. The number of phenols is 1. The topological polar surface area (TPSA) is 92.3 Å². The minimum absolute atomic E-state index is 0.0590. The number of phenolic OH excluding ortho intramolecular Hbond substituents is 1. The third-order valence-corrected chi connectivity index (χ3v) is 4.38. The van der Waals surface area contributed by atoms with Gasteiger partial charge in [-0.25, -0.2) is 9.78 Å². The lowest BCUT2D eigenvalue weighted by Crippen LogP contribution is -2.17. The van der Waals surface area contributed by atoms with Crippen LogP contribution in [0.2, 0.25) is 0 Å². The zero-order chi connectivity index (χ0) is 19.0. The summed E-state index contributed by atoms with van der Waals surface area (Å²) < 4.78 is 5.42. The van der Waals surface area contributed by atoms with Gasteiger partial charge in [0.2, 0.25) is 0 Å². The van der Waals surface area contributed by atoms with Crippen LogP contribution >= 0.6 is 0 Å². The summed E-state index contributed by atoms with van der Waals surface area (Å²) >= 11 is 0. The van der Waals surface area contributed by atoms with Crippen LogP contribution < -0.4 is 5.56 Å². The molecule has 0 fully saturated rings. The van der Waals surface area contributed by atoms with Crippen LogP contribution in [0.15, 0.2) is 65.5 Å². The Balaban J connectivity index is 1.65. The van der Waals surface area contributed by atoms with Gasteiger partial charge < -0.3 is 14.8 Å². The first-order valence-corrected chi connectivity index (χ1v) is 8.44. The monoisotopic (exact) mass is 360 g/mol. The van der Waals surface area contributed by atoms with Gasteiger partial charge in [-0.2, -0.15) is 0 Å². The quantitative estimate of drug-likeness (QED) is 0.544. The summed E-state index contributed by atoms with van der Waals surface area (Å²) in [5, 5.41) is 12.3. The summed E-state index contributed by atoms with van der Waals surface area (Å²) in [6.07, 6.45) is -0.791. The van der Waals surface area contributed by atoms with Crippen LogP contribution in [-0.4, -0.2) is 21.0 Å². The van der Waals surface area contributed by atoms with Gasteiger partial charge >= 0.3 is 5.97 Å². The van der Waals surface area contributed by atoms with Crippen molar-refractivity contribution in [3.05, 3.63) is 82.4 Å². The molecule has 3 aromatic carbocycles. The molecule has 1 atom stereocenters. The molecule has 27 heavy (non-hydrogen) atoms. The Kier molecular flexibility index (Phi) is 4.08. The average molecular weight is 360 g/mol. The van der Waals surface area contributed by atoms with Crippen LogP contribution in [0.1, 0.15) is 29.2 Å². The number of ether oxygens (including phenoxy) is 1. The third-order valence-electron chi connectivity index (χ3n) is 4.38. The SMILES string of the molecule is C[C@@H](OC(=O)c1cc2ccccc2cc1O)c1nc2ccccc2c(=O)[nH]1. The summed E-state index contributed by atoms with van der Waals surface area (Å²) in [5.74, 6) is -0.611. The Morgan fingerprint density at radius 2 is 1.74 bits per heavy atom. The molecule has 4 rings (SSSR count). The van der Waals surface area contributed by atoms with Crippen molar-refractivity contribution in [2.75, 3.05) is 0 Å². The highest BCUT2D eigenvalue weighted by Gasteiger charge is 2.20. The number of para-hydroxylation sites is 1. The second kappa shape index (κ2) is 6.57. The van der Waals surface area contributed by atoms with Gasteiger partial charge in [0.25, 0.3) is 5.56 Å². The molecule has 6 heteroatoms. The van der Waals surface area contributed by atoms with Crippen molar-refractivity contribution in [1.82, 2.24) is 9.97 Å². The highest BCUT2D eigenvalue weighted by atomic mass is 16.5. The highest BCUT2D eigenvalue weighted by Crippen LogP contribution is 2.27. The predicted molar refractivity (Wildman–Crippen MR) is 102 cm³/mol. The molecule has 6 nitrogen and oxygen atoms in total. The first-order chi connectivity index (χ1) is 13.0. The van der Waals surface area contributed by atoms with Crippen LogP contribution in [0.5, 0.6) is 5.75 Å². The lowest BCUT2D eigenvalue weighted by atomic mass is 10.1. The van der Waals surface area contributed by atoms with Crippen LogP contribution in [-0.2, 0) is 4.74 Å². The second-order valence-electron chi connectivity index (χ2n) is 6.23. The standard InChI is InChI=1S/C21H16N2O4/c1-12(19-22-17-9-5-4-8-15(17)20(25)23-19)27-21(26)16-10-13-6-2-3-7-14(13)11-18(16)24/h2-12,24H,1H3,(H,22,23,25)/t12-/m1/s1. The molecule has 1 aromatic heterocycles. The molecular weight excluding hydrogens is 344 g/mol. The lowest BCUT2D eigenvalue weighted by molar-refractivity contribution is 0.0317. The van der Waals surface area contributed by atoms with E-state index in [1.807, 2.05) is 24.3 Å². The van der Waals surface area contributed by atoms with Gasteiger partial charge in [-0.1, -0.05) is 36.4 Å². The van der Waals surface area contributed by atoms with Gasteiger partial charge in [-0.05, 0) is 42.0 Å². The number of rotatable bonds is 3. The molecule has 0 spiro atoms. The number of carbonyl (C=O) groups excluding carboxylic acids is 1. The molecule has 0 saturated carbocycles. The summed E-state index contributed by atoms with van der Waals surface area (Å²) in [6.45, 7) is 1.61. The third kappa shape index (κ3) is 3.13. The number of benzene rings is 3. The van der Waals surface area contributed by atoms with Crippen molar-refractivity contribution in [2.45, 2.75) is 13.0 Å². The molecule has 1 heterocycles. The van der Waals surface area contributed by atoms with Gasteiger partial charge in [0.1, 0.15) is 11.3 Å². The van der Waals surface area contributed by atoms with E-state index >= 15 is 0 Å². The normalized spacial score (nSPS) is 12.2. The van der Waals surface area contributed by atoms with Crippen molar-refractivity contribution >= 4 is 27.6 Å². The molecule has 0 aliphatic rings. The molecule has 0 saturated heterocycles. The van der Waals surface area contributed by atoms with Gasteiger partial charge in [0.05, 0.1) is 10.9 Å². The molecule has 4 aromatic rings. The smallest absolute Gasteiger partial charge is 0.342 e. The zero-order valence-corrected chi connectivity index (χ0v) is 14.5. The summed E-state index contributed by atoms with van der Waals surface area (Å²) in [6, 6.07) is 17.4. The molecule has 0 radical (unpaired) electrons. The maximum atomic E-state index is 12.5. The van der Waals surface area contributed by atoms with E-state index in [-0.39, 0.29) is 22.7 Å². The lowest BCUT2D eigenvalue weighted by Gasteiger charge is -2.14. The van der Waals surface area contributed by atoms with E-state index in [1.165, 1.54) is 6.07 Å². The number of aromatic amines is 1. The van der Waals surface area contributed by atoms with Gasteiger partial charge in [0, 0.05) is 0 Å². The zero-order valence-electron chi connectivity index (χ0n) is 14.5. The van der Waals surface area contributed by atoms with Crippen molar-refractivity contribution in [3.63, 3.8) is 0 Å². The molecule has 0 unspecified atom stereocenters. The molecule has 0 amide bonds. The average Bonchev–Trinajstić information content (AvgIpc) is 2.67. The number of aromatic hydroxyl groups is 1. The maximum absolute atomic E-state index is 12.5. The molecule has 2 N–H and O–H groups in total. The van der Waals surface area contributed by atoms with E-state index in [2.05, 4.69) is 9.97 Å². The summed E-state index contributed by atoms with van der Waals surface area (Å²) in [4.78, 5) is 31.7. The maximum Gasteiger partial charge on any atom is 0.342 e.